The minimum absolute atomic E-state index is 0.131. The van der Waals surface area contributed by atoms with Crippen LogP contribution in [-0.2, 0) is 17.8 Å². The van der Waals surface area contributed by atoms with Gasteiger partial charge in [0.1, 0.15) is 18.1 Å². The minimum atomic E-state index is -0.750. The zero-order valence-electron chi connectivity index (χ0n) is 11.2. The summed E-state index contributed by atoms with van der Waals surface area (Å²) < 4.78 is 0. The van der Waals surface area contributed by atoms with Gasteiger partial charge in [0.2, 0.25) is 5.91 Å². The van der Waals surface area contributed by atoms with Crippen LogP contribution in [0.15, 0.2) is 41.8 Å². The molecule has 8 nitrogen and oxygen atoms in total. The van der Waals surface area contributed by atoms with Gasteiger partial charge in [-0.15, -0.1) is 0 Å². The molecule has 0 radical (unpaired) electrons. The van der Waals surface area contributed by atoms with Crippen LogP contribution in [0.4, 0.5) is 0 Å². The van der Waals surface area contributed by atoms with Crippen molar-refractivity contribution < 1.29 is 10.0 Å². The minimum Gasteiger partial charge on any atom is -0.409 e. The zero-order chi connectivity index (χ0) is 15.1. The van der Waals surface area contributed by atoms with Gasteiger partial charge < -0.3 is 16.3 Å². The first-order chi connectivity index (χ1) is 10.2. The fourth-order valence-electron chi connectivity index (χ4n) is 1.86. The van der Waals surface area contributed by atoms with Gasteiger partial charge in [0.25, 0.3) is 0 Å². The third-order valence-electron chi connectivity index (χ3n) is 2.97. The number of rotatable bonds is 6. The van der Waals surface area contributed by atoms with Crippen LogP contribution in [0, 0.1) is 5.92 Å². The van der Waals surface area contributed by atoms with Gasteiger partial charge in [-0.2, -0.15) is 5.10 Å². The van der Waals surface area contributed by atoms with Crippen LogP contribution in [0.1, 0.15) is 11.4 Å². The molecule has 1 aromatic carbocycles. The Kier molecular flexibility index (Phi) is 4.86. The highest BCUT2D eigenvalue weighted by atomic mass is 16.4. The standard InChI is InChI=1S/C13H16N6O2/c14-12(19-21)10(6-9-4-2-1-3-5-9)13(20)15-7-11-16-8-17-18-11/h1-5,8,10,21H,6-7H2,(H2,14,19)(H,15,20)(H,16,17,18). The van der Waals surface area contributed by atoms with Crippen molar-refractivity contribution >= 4 is 11.7 Å². The summed E-state index contributed by atoms with van der Waals surface area (Å²) in [5.41, 5.74) is 6.54. The molecule has 1 aromatic heterocycles. The molecule has 0 bridgehead atoms. The van der Waals surface area contributed by atoms with Crippen molar-refractivity contribution in [3.05, 3.63) is 48.0 Å². The normalized spacial score (nSPS) is 12.9. The van der Waals surface area contributed by atoms with E-state index < -0.39 is 5.92 Å². The second-order valence-electron chi connectivity index (χ2n) is 4.42. The molecule has 21 heavy (non-hydrogen) atoms. The van der Waals surface area contributed by atoms with E-state index in [-0.39, 0.29) is 18.3 Å². The molecule has 0 spiro atoms. The predicted molar refractivity (Wildman–Crippen MR) is 75.3 cm³/mol. The van der Waals surface area contributed by atoms with Crippen molar-refractivity contribution in [3.63, 3.8) is 0 Å². The number of nitrogens with zero attached hydrogens (tertiary/aromatic N) is 3. The van der Waals surface area contributed by atoms with Gasteiger partial charge in [-0.05, 0) is 12.0 Å². The van der Waals surface area contributed by atoms with Gasteiger partial charge >= 0.3 is 0 Å². The number of nitrogens with two attached hydrogens (primary N) is 1. The van der Waals surface area contributed by atoms with Crippen molar-refractivity contribution in [1.29, 1.82) is 0 Å². The van der Waals surface area contributed by atoms with E-state index >= 15 is 0 Å². The number of aromatic amines is 1. The summed E-state index contributed by atoms with van der Waals surface area (Å²) in [7, 11) is 0. The lowest BCUT2D eigenvalue weighted by molar-refractivity contribution is -0.123. The van der Waals surface area contributed by atoms with E-state index in [2.05, 4.69) is 25.7 Å². The number of aromatic nitrogens is 3. The molecule has 0 fully saturated rings. The number of nitrogens with one attached hydrogen (secondary N) is 2. The summed E-state index contributed by atoms with van der Waals surface area (Å²) in [6, 6.07) is 9.37. The van der Waals surface area contributed by atoms with Gasteiger partial charge in [-0.25, -0.2) is 4.98 Å². The summed E-state index contributed by atoms with van der Waals surface area (Å²) in [4.78, 5) is 16.1. The Labute approximate surface area is 121 Å². The highest BCUT2D eigenvalue weighted by molar-refractivity contribution is 6.02. The first-order valence-electron chi connectivity index (χ1n) is 6.34. The highest BCUT2D eigenvalue weighted by Crippen LogP contribution is 2.09. The van der Waals surface area contributed by atoms with Crippen molar-refractivity contribution in [2.75, 3.05) is 0 Å². The quantitative estimate of drug-likeness (QED) is 0.258. The van der Waals surface area contributed by atoms with Gasteiger partial charge in [-0.1, -0.05) is 35.5 Å². The van der Waals surface area contributed by atoms with Gasteiger partial charge in [0.15, 0.2) is 5.84 Å². The summed E-state index contributed by atoms with van der Waals surface area (Å²) in [6.07, 6.45) is 1.70. The molecule has 0 aliphatic carbocycles. The number of carbonyl (C=O) groups is 1. The van der Waals surface area contributed by atoms with E-state index in [9.17, 15) is 4.79 Å². The smallest absolute Gasteiger partial charge is 0.231 e. The molecule has 1 atom stereocenters. The summed E-state index contributed by atoms with van der Waals surface area (Å²) in [5, 5.41) is 20.8. The third-order valence-corrected chi connectivity index (χ3v) is 2.97. The first kappa shape index (κ1) is 14.5. The number of amidine groups is 1. The van der Waals surface area contributed by atoms with E-state index in [0.29, 0.717) is 12.2 Å². The fraction of sp³-hybridized carbons (Fsp3) is 0.231. The Morgan fingerprint density at radius 3 is 2.81 bits per heavy atom. The Morgan fingerprint density at radius 2 is 2.19 bits per heavy atom. The average Bonchev–Trinajstić information content (AvgIpc) is 3.04. The number of hydrogen-bond donors (Lipinski definition) is 4. The largest absolute Gasteiger partial charge is 0.409 e. The molecule has 0 aliphatic rings. The number of H-pyrrole nitrogens is 1. The second kappa shape index (κ2) is 7.04. The van der Waals surface area contributed by atoms with Crippen LogP contribution in [-0.4, -0.2) is 32.1 Å². The van der Waals surface area contributed by atoms with Crippen molar-refractivity contribution in [2.24, 2.45) is 16.8 Å². The average molecular weight is 288 g/mol. The Morgan fingerprint density at radius 1 is 1.43 bits per heavy atom. The van der Waals surface area contributed by atoms with Crippen LogP contribution in [0.3, 0.4) is 0 Å². The monoisotopic (exact) mass is 288 g/mol. The lowest BCUT2D eigenvalue weighted by atomic mass is 9.97. The van der Waals surface area contributed by atoms with Crippen LogP contribution in [0.2, 0.25) is 0 Å². The molecule has 8 heteroatoms. The molecular formula is C13H16N6O2. The second-order valence-corrected chi connectivity index (χ2v) is 4.42. The van der Waals surface area contributed by atoms with E-state index in [1.165, 1.54) is 6.33 Å². The highest BCUT2D eigenvalue weighted by Gasteiger charge is 2.23. The maximum Gasteiger partial charge on any atom is 0.231 e. The van der Waals surface area contributed by atoms with Crippen LogP contribution >= 0.6 is 0 Å². The lowest BCUT2D eigenvalue weighted by Crippen LogP contribution is -2.40. The Bertz CT molecular complexity index is 596. The van der Waals surface area contributed by atoms with E-state index in [1.807, 2.05) is 30.3 Å². The topological polar surface area (TPSA) is 129 Å². The van der Waals surface area contributed by atoms with Crippen LogP contribution in [0.5, 0.6) is 0 Å². The maximum atomic E-state index is 12.2. The summed E-state index contributed by atoms with van der Waals surface area (Å²) >= 11 is 0. The number of hydrogen-bond acceptors (Lipinski definition) is 5. The molecule has 1 unspecified atom stereocenters. The van der Waals surface area contributed by atoms with Crippen molar-refractivity contribution in [2.45, 2.75) is 13.0 Å². The van der Waals surface area contributed by atoms with Gasteiger partial charge in [0.05, 0.1) is 6.54 Å². The molecule has 5 N–H and O–H groups in total. The zero-order valence-corrected chi connectivity index (χ0v) is 11.2. The summed E-state index contributed by atoms with van der Waals surface area (Å²) in [5.74, 6) is -0.693. The van der Waals surface area contributed by atoms with Crippen molar-refractivity contribution in [1.82, 2.24) is 20.5 Å². The Balaban J connectivity index is 2.03. The number of amides is 1. The van der Waals surface area contributed by atoms with Crippen LogP contribution < -0.4 is 11.1 Å². The number of carbonyl (C=O) groups excluding carboxylic acids is 1. The molecular weight excluding hydrogens is 272 g/mol. The molecule has 2 aromatic rings. The SMILES string of the molecule is NC(=NO)C(Cc1ccccc1)C(=O)NCc1ncn[nH]1. The van der Waals surface area contributed by atoms with Gasteiger partial charge in [0, 0.05) is 0 Å². The number of oxime groups is 1. The molecule has 2 rings (SSSR count). The van der Waals surface area contributed by atoms with Crippen molar-refractivity contribution in [3.8, 4) is 0 Å². The summed E-state index contributed by atoms with van der Waals surface area (Å²) in [6.45, 7) is 0.197. The van der Waals surface area contributed by atoms with Gasteiger partial charge in [-0.3, -0.25) is 9.89 Å². The molecule has 110 valence electrons. The Hall–Kier alpha value is -2.90. The molecule has 0 saturated carbocycles. The molecule has 1 amide bonds. The van der Waals surface area contributed by atoms with E-state index in [0.717, 1.165) is 5.56 Å². The number of benzene rings is 1. The molecule has 0 aliphatic heterocycles. The first-order valence-corrected chi connectivity index (χ1v) is 6.34. The van der Waals surface area contributed by atoms with E-state index in [4.69, 9.17) is 10.9 Å². The lowest BCUT2D eigenvalue weighted by Gasteiger charge is -2.15. The third kappa shape index (κ3) is 4.03. The fourth-order valence-corrected chi connectivity index (χ4v) is 1.86. The maximum absolute atomic E-state index is 12.2. The predicted octanol–water partition coefficient (Wildman–Crippen LogP) is 0.0262. The molecule has 1 heterocycles. The van der Waals surface area contributed by atoms with Crippen LogP contribution in [0.25, 0.3) is 0 Å². The molecule has 0 saturated heterocycles. The van der Waals surface area contributed by atoms with E-state index in [1.54, 1.807) is 0 Å².